The Morgan fingerprint density at radius 3 is 2.69 bits per heavy atom. The first kappa shape index (κ1) is 7.06. The number of amides is 2. The van der Waals surface area contributed by atoms with Gasteiger partial charge in [-0.2, -0.15) is 0 Å². The molecule has 2 N–H and O–H groups in total. The maximum atomic E-state index is 13.7. The van der Waals surface area contributed by atoms with Crippen molar-refractivity contribution in [3.8, 4) is 0 Å². The minimum absolute atomic E-state index is 0.236. The molecule has 26 heavy (non-hydrogen) atoms. The smallest absolute Gasteiger partial charge is 0.251 e. The Kier molecular flexibility index (Phi) is 2.39. The van der Waals surface area contributed by atoms with Gasteiger partial charge in [0.05, 0.1) is 6.54 Å². The molecule has 2 rings (SSSR count). The molecule has 1 aromatic carbocycles. The van der Waals surface area contributed by atoms with Crippen molar-refractivity contribution in [1.29, 1.82) is 0 Å². The predicted molar refractivity (Wildman–Crippen MR) is 101 cm³/mol. The second-order valence-corrected chi connectivity index (χ2v) is 5.61. The van der Waals surface area contributed by atoms with Crippen LogP contribution in [-0.2, 0) is 4.79 Å². The standard InChI is InChI=1S/C19H27ClFN3O2/c1-19(2,3)23-17(25)12-24-6-4-13(5-7-24)11-22-18(26)14-8-15(20)10-16(21)9-14/h8-10,13H,4-7,11-12H2,1-3H3,(H,22,26)(H,23,25)/i1D3,2D3,3D3,4D2,5D2,6D2,7D2,13D. The van der Waals surface area contributed by atoms with Gasteiger partial charge in [-0.3, -0.25) is 14.5 Å². The first-order valence-electron chi connectivity index (χ1n) is 16.1. The van der Waals surface area contributed by atoms with E-state index < -0.39 is 94.0 Å². The van der Waals surface area contributed by atoms with Crippen molar-refractivity contribution >= 4 is 23.4 Å². The minimum Gasteiger partial charge on any atom is -0.352 e. The largest absolute Gasteiger partial charge is 0.352 e. The van der Waals surface area contributed by atoms with Crippen molar-refractivity contribution in [3.63, 3.8) is 0 Å². The summed E-state index contributed by atoms with van der Waals surface area (Å²) in [7, 11) is 0. The van der Waals surface area contributed by atoms with Gasteiger partial charge in [0.1, 0.15) is 5.82 Å². The van der Waals surface area contributed by atoms with Gasteiger partial charge in [0.25, 0.3) is 5.91 Å². The van der Waals surface area contributed by atoms with Crippen molar-refractivity contribution in [3.05, 3.63) is 34.6 Å². The molecule has 0 bridgehead atoms. The van der Waals surface area contributed by atoms with Crippen LogP contribution in [0.5, 0.6) is 0 Å². The molecule has 1 aliphatic heterocycles. The summed E-state index contributed by atoms with van der Waals surface area (Å²) in [5.41, 5.74) is -4.43. The van der Waals surface area contributed by atoms with Crippen molar-refractivity contribution in [2.75, 3.05) is 26.1 Å². The maximum Gasteiger partial charge on any atom is 0.251 e. The molecular weight excluding hydrogens is 357 g/mol. The first-order chi connectivity index (χ1) is 19.3. The average molecular weight is 402 g/mol. The fraction of sp³-hybridized carbons (Fsp3) is 0.579. The van der Waals surface area contributed by atoms with E-state index in [2.05, 4.69) is 0 Å². The van der Waals surface area contributed by atoms with Crippen LogP contribution >= 0.6 is 11.6 Å². The molecule has 144 valence electrons. The number of benzene rings is 1. The van der Waals surface area contributed by atoms with Crippen LogP contribution in [-0.4, -0.2) is 48.3 Å². The predicted octanol–water partition coefficient (Wildman–Crippen LogP) is 2.84. The summed E-state index contributed by atoms with van der Waals surface area (Å²) in [6, 6.07) is 2.51. The lowest BCUT2D eigenvalue weighted by Gasteiger charge is -2.32. The number of halogens is 2. The van der Waals surface area contributed by atoms with Gasteiger partial charge in [0, 0.05) is 47.3 Å². The number of nitrogens with zero attached hydrogens (tertiary/aromatic N) is 1. The summed E-state index contributed by atoms with van der Waals surface area (Å²) in [5, 5.41) is 3.02. The van der Waals surface area contributed by atoms with E-state index in [4.69, 9.17) is 36.3 Å². The average Bonchev–Trinajstić information content (AvgIpc) is 2.79. The Bertz CT molecular complexity index is 1210. The summed E-state index contributed by atoms with van der Waals surface area (Å²) in [6.45, 7) is -22.8. The molecule has 2 amide bonds. The Balaban J connectivity index is 2.57. The van der Waals surface area contributed by atoms with Crippen LogP contribution in [0.15, 0.2) is 18.2 Å². The van der Waals surface area contributed by atoms with E-state index in [1.807, 2.05) is 5.32 Å². The SMILES string of the molecule is [2H]C([2H])([2H])C(NC(=O)CN1C([2H])([2H])C([2H])([2H])C([2H])(CNC(=O)c2cc(F)cc(Cl)c2)C([2H])([2H])C1([2H])[2H])(C([2H])([2H])[2H])C([2H])([2H])[2H]. The second kappa shape index (κ2) is 8.82. The molecule has 0 atom stereocenters. The van der Waals surface area contributed by atoms with Crippen molar-refractivity contribution in [1.82, 2.24) is 15.5 Å². The topological polar surface area (TPSA) is 61.4 Å². The van der Waals surface area contributed by atoms with Gasteiger partial charge < -0.3 is 10.6 Å². The fourth-order valence-corrected chi connectivity index (χ4v) is 2.07. The van der Waals surface area contributed by atoms with Crippen LogP contribution in [0.4, 0.5) is 4.39 Å². The third kappa shape index (κ3) is 6.92. The molecular formula is C19H27ClFN3O2. The number of carbonyl (C=O) groups excluding carboxylic acids is 2. The highest BCUT2D eigenvalue weighted by molar-refractivity contribution is 6.31. The van der Waals surface area contributed by atoms with Crippen LogP contribution in [0.25, 0.3) is 0 Å². The van der Waals surface area contributed by atoms with E-state index in [0.717, 1.165) is 12.1 Å². The Morgan fingerprint density at radius 2 is 2.08 bits per heavy atom. The van der Waals surface area contributed by atoms with Gasteiger partial charge in [-0.05, 0) is 70.4 Å². The van der Waals surface area contributed by atoms with Gasteiger partial charge >= 0.3 is 0 Å². The lowest BCUT2D eigenvalue weighted by Crippen LogP contribution is -2.48. The monoisotopic (exact) mass is 401 g/mol. The van der Waals surface area contributed by atoms with Crippen molar-refractivity contribution in [2.45, 2.75) is 38.8 Å². The lowest BCUT2D eigenvalue weighted by atomic mass is 9.96. The number of piperidine rings is 1. The Hall–Kier alpha value is -1.66. The molecule has 1 fully saturated rings. The second-order valence-electron chi connectivity index (χ2n) is 5.18. The molecule has 7 heteroatoms. The zero-order valence-corrected chi connectivity index (χ0v) is 13.9. The van der Waals surface area contributed by atoms with E-state index in [0.29, 0.717) is 6.07 Å². The van der Waals surface area contributed by atoms with Gasteiger partial charge in [0.2, 0.25) is 5.91 Å². The molecule has 1 aromatic rings. The first-order valence-corrected chi connectivity index (χ1v) is 7.47. The third-order valence-corrected chi connectivity index (χ3v) is 3.08. The molecule has 0 aliphatic carbocycles. The van der Waals surface area contributed by atoms with E-state index in [1.165, 1.54) is 5.32 Å². The molecule has 0 unspecified atom stereocenters. The highest BCUT2D eigenvalue weighted by Crippen LogP contribution is 2.17. The molecule has 0 spiro atoms. The van der Waals surface area contributed by atoms with Gasteiger partial charge in [0.15, 0.2) is 0 Å². The normalized spacial score (nSPS) is 37.0. The Labute approximate surface area is 184 Å². The van der Waals surface area contributed by atoms with Crippen molar-refractivity contribution < 1.29 is 38.7 Å². The summed E-state index contributed by atoms with van der Waals surface area (Å²) in [5.74, 6) is -7.66. The van der Waals surface area contributed by atoms with E-state index in [-0.39, 0.29) is 9.92 Å². The molecule has 1 heterocycles. The number of rotatable bonds is 5. The highest BCUT2D eigenvalue weighted by atomic mass is 35.5. The van der Waals surface area contributed by atoms with Gasteiger partial charge in [-0.1, -0.05) is 11.6 Å². The number of carbonyl (C=O) groups is 2. The molecule has 0 saturated carbocycles. The lowest BCUT2D eigenvalue weighted by molar-refractivity contribution is -0.124. The number of likely N-dealkylation sites (tertiary alicyclic amines) is 1. The number of hydrogen-bond donors (Lipinski definition) is 2. The van der Waals surface area contributed by atoms with E-state index in [1.54, 1.807) is 0 Å². The van der Waals surface area contributed by atoms with E-state index >= 15 is 0 Å². The zero-order chi connectivity index (χ0) is 34.9. The minimum atomic E-state index is -3.97. The molecule has 1 saturated heterocycles. The van der Waals surface area contributed by atoms with Crippen LogP contribution in [0.3, 0.4) is 0 Å². The van der Waals surface area contributed by atoms with Gasteiger partial charge in [-0.15, -0.1) is 0 Å². The summed E-state index contributed by atoms with van der Waals surface area (Å²) < 4.78 is 158. The van der Waals surface area contributed by atoms with E-state index in [9.17, 15) is 14.0 Å². The quantitative estimate of drug-likeness (QED) is 0.797. The number of nitrogens with one attached hydrogen (secondary N) is 2. The van der Waals surface area contributed by atoms with Gasteiger partial charge in [-0.25, -0.2) is 4.39 Å². The van der Waals surface area contributed by atoms with Crippen LogP contribution in [0.1, 0.15) is 68.3 Å². The molecule has 1 aliphatic rings. The fourth-order valence-electron chi connectivity index (χ4n) is 1.84. The summed E-state index contributed by atoms with van der Waals surface area (Å²) in [4.78, 5) is 25.3. The summed E-state index contributed by atoms with van der Waals surface area (Å²) >= 11 is 5.70. The highest BCUT2D eigenvalue weighted by Gasteiger charge is 2.23. The van der Waals surface area contributed by atoms with Crippen LogP contribution < -0.4 is 10.6 Å². The summed E-state index contributed by atoms with van der Waals surface area (Å²) in [6.07, 6.45) is -7.67. The van der Waals surface area contributed by atoms with Crippen LogP contribution in [0, 0.1) is 11.7 Å². The molecule has 5 nitrogen and oxygen atoms in total. The zero-order valence-electron chi connectivity index (χ0n) is 31.2. The van der Waals surface area contributed by atoms with Crippen LogP contribution in [0.2, 0.25) is 5.02 Å². The Morgan fingerprint density at radius 1 is 1.38 bits per heavy atom. The van der Waals surface area contributed by atoms with Crippen molar-refractivity contribution in [2.24, 2.45) is 5.89 Å². The maximum absolute atomic E-state index is 13.7. The molecule has 0 aromatic heterocycles. The number of hydrogen-bond acceptors (Lipinski definition) is 3. The molecule has 0 radical (unpaired) electrons. The third-order valence-electron chi connectivity index (χ3n) is 2.86.